The van der Waals surface area contributed by atoms with E-state index in [1.807, 2.05) is 0 Å². The first-order valence-corrected chi connectivity index (χ1v) is 28.8. The summed E-state index contributed by atoms with van der Waals surface area (Å²) in [5.74, 6) is -7.95. The number of β-amino-alcohol motifs (C(OH)–C–C–N with tert-alkyl or cyclic N) is 1. The number of aromatic nitrogens is 1. The van der Waals surface area contributed by atoms with Gasteiger partial charge < -0.3 is 97.6 Å². The zero-order valence-corrected chi connectivity index (χ0v) is 47.8. The second-order valence-electron chi connectivity index (χ2n) is 22.1. The first-order chi connectivity index (χ1) is 39.6. The Morgan fingerprint density at radius 1 is 0.735 bits per heavy atom. The molecule has 3 aliphatic heterocycles. The molecule has 1 unspecified atom stereocenters. The van der Waals surface area contributed by atoms with Crippen molar-refractivity contribution in [3.05, 3.63) is 53.7 Å². The number of unbranched alkanes of at least 4 members (excludes halogenated alkanes) is 7. The van der Waals surface area contributed by atoms with Gasteiger partial charge in [-0.1, -0.05) is 64.9 Å². The molecule has 26 heteroatoms. The van der Waals surface area contributed by atoms with E-state index < -0.39 is 152 Å². The van der Waals surface area contributed by atoms with Crippen LogP contribution in [0.25, 0.3) is 10.9 Å². The van der Waals surface area contributed by atoms with Crippen LogP contribution in [0.4, 0.5) is 0 Å². The smallest absolute Gasteiger partial charge is 0.268 e. The maximum absolute atomic E-state index is 14.7. The van der Waals surface area contributed by atoms with Crippen molar-refractivity contribution in [2.24, 2.45) is 24.4 Å². The molecule has 0 saturated carbocycles. The average Bonchev–Trinajstić information content (AvgIpc) is 4.19. The van der Waals surface area contributed by atoms with Gasteiger partial charge in [-0.2, -0.15) is 0 Å². The zero-order valence-electron chi connectivity index (χ0n) is 47.8. The van der Waals surface area contributed by atoms with Gasteiger partial charge in [0.1, 0.15) is 54.3 Å². The molecule has 3 aliphatic rings. The number of fused-ring (bicyclic) bond motifs is 3. The fourth-order valence-corrected chi connectivity index (χ4v) is 10.9. The Hall–Kier alpha value is -6.65. The Morgan fingerprint density at radius 3 is 2.10 bits per heavy atom. The number of aliphatic hydroxyl groups is 6. The Bertz CT molecular complexity index is 2710. The second kappa shape index (κ2) is 30.8. The van der Waals surface area contributed by atoms with Crippen molar-refractivity contribution in [1.29, 1.82) is 0 Å². The minimum absolute atomic E-state index is 0.000539. The summed E-state index contributed by atoms with van der Waals surface area (Å²) in [4.78, 5) is 103. The van der Waals surface area contributed by atoms with Crippen molar-refractivity contribution >= 4 is 52.3 Å². The number of nitrogens with one attached hydrogen (secondary N) is 5. The molecule has 3 fully saturated rings. The van der Waals surface area contributed by atoms with Crippen LogP contribution in [0.3, 0.4) is 0 Å². The van der Waals surface area contributed by atoms with Gasteiger partial charge in [-0.05, 0) is 68.3 Å². The molecule has 7 amide bonds. The number of nitrogens with zero attached hydrogens (tertiary/aromatic N) is 3. The molecule has 0 bridgehead atoms. The molecular formula is C57H86N10O16. The summed E-state index contributed by atoms with van der Waals surface area (Å²) in [6.07, 6.45) is -2.65. The van der Waals surface area contributed by atoms with E-state index in [0.29, 0.717) is 23.3 Å². The molecule has 13 atom stereocenters. The number of ether oxygens (including phenoxy) is 2. The summed E-state index contributed by atoms with van der Waals surface area (Å²) in [5, 5.41) is 92.0. The lowest BCUT2D eigenvalue weighted by Crippen LogP contribution is -2.64. The van der Waals surface area contributed by atoms with Crippen molar-refractivity contribution in [3.63, 3.8) is 0 Å². The fraction of sp³-hybridized carbons (Fsp3) is 0.632. The predicted molar refractivity (Wildman–Crippen MR) is 302 cm³/mol. The summed E-state index contributed by atoms with van der Waals surface area (Å²) >= 11 is 0. The number of hydrogen-bond donors (Lipinski definition) is 14. The third-order valence-electron chi connectivity index (χ3n) is 15.6. The topological polar surface area (TPSA) is 403 Å². The molecule has 0 aliphatic carbocycles. The Kier molecular flexibility index (Phi) is 24.3. The summed E-state index contributed by atoms with van der Waals surface area (Å²) in [6, 6.07) is 0.0505. The molecule has 3 saturated heterocycles. The van der Waals surface area contributed by atoms with Crippen LogP contribution in [0, 0.1) is 5.92 Å². The van der Waals surface area contributed by atoms with Crippen LogP contribution >= 0.6 is 0 Å². The van der Waals surface area contributed by atoms with Gasteiger partial charge in [-0.15, -0.1) is 0 Å². The highest BCUT2D eigenvalue weighted by Gasteiger charge is 2.50. The highest BCUT2D eigenvalue weighted by molar-refractivity contribution is 6.02. The molecular weight excluding hydrogens is 1080 g/mol. The number of phenolic OH excluding ortho intramolecular Hbond substituents is 1. The van der Waals surface area contributed by atoms with Crippen LogP contribution in [0.2, 0.25) is 0 Å². The van der Waals surface area contributed by atoms with Crippen molar-refractivity contribution in [2.45, 2.75) is 171 Å². The Labute approximate surface area is 482 Å². The molecule has 460 valence electrons. The first-order valence-electron chi connectivity index (χ1n) is 28.8. The van der Waals surface area contributed by atoms with E-state index in [1.165, 1.54) is 50.3 Å². The summed E-state index contributed by atoms with van der Waals surface area (Å²) in [5.41, 5.74) is 12.4. The van der Waals surface area contributed by atoms with E-state index in [0.717, 1.165) is 36.0 Å². The lowest BCUT2D eigenvalue weighted by atomic mass is 9.98. The van der Waals surface area contributed by atoms with E-state index in [2.05, 4.69) is 33.5 Å². The largest absolute Gasteiger partial charge is 0.504 e. The number of amides is 7. The standard InChI is InChI=1S/C57H86N10O16/c1-5-6-7-8-9-10-11-12-20-82-37-14-15-39-34(24-37)25-40(65(39)4)52(76)61-38-26-35(69)28-60-55(79)49-50(74)31(2)29-67(49)57(81)48(43(72)17-18-58)64-54(78)47(44(73)22-33-13-16-42(71)45(23-33)83-21-19-59)63-53(77)41-27-36(70)30-66(41)56(80)46(32(3)68)62-51(38)75/h13-16,23-25,31-32,35-36,38,41,43-44,46-50,68-74H,5-12,17-22,26-30,58-59H2,1-4H3,(H,60,79)(H,61,76)(H,62,75)(H,63,77)(H,64,78)/t31-,32+,35+,36+,38?,41-,43+,44+,46-,47-,48-,49-,50-/m0/s1. The van der Waals surface area contributed by atoms with Crippen LogP contribution < -0.4 is 47.5 Å². The van der Waals surface area contributed by atoms with Crippen LogP contribution in [-0.2, 0) is 42.2 Å². The van der Waals surface area contributed by atoms with Crippen LogP contribution in [0.15, 0.2) is 42.5 Å². The zero-order chi connectivity index (χ0) is 60.7. The Morgan fingerprint density at radius 2 is 1.41 bits per heavy atom. The number of aromatic hydroxyl groups is 1. The number of aryl methyl sites for hydroxylation is 1. The lowest BCUT2D eigenvalue weighted by molar-refractivity contribution is -0.147. The van der Waals surface area contributed by atoms with Gasteiger partial charge in [0.15, 0.2) is 11.5 Å². The van der Waals surface area contributed by atoms with E-state index in [1.54, 1.807) is 42.8 Å². The van der Waals surface area contributed by atoms with Gasteiger partial charge in [0, 0.05) is 69.3 Å². The van der Waals surface area contributed by atoms with Gasteiger partial charge in [0.25, 0.3) is 5.91 Å². The van der Waals surface area contributed by atoms with Gasteiger partial charge in [-0.3, -0.25) is 33.6 Å². The SMILES string of the molecule is CCCCCCCCCCOc1ccc2c(c1)cc(C(=O)NC1C[C@@H](O)CNC(=O)[C@@H]3[C@@H](O)[C@@H](C)CN3C(=O)[C@H]([C@H](O)CCN)NC(=O)[C@H]([C@H](O)Cc3ccc(O)c(OCCN)c3)NC(=O)[C@@H]3C[C@@H](O)CN3C(=O)[C@H]([C@@H](C)O)NC1=O)n2C. The molecule has 26 nitrogen and oxygen atoms in total. The van der Waals surface area contributed by atoms with E-state index in [9.17, 15) is 69.3 Å². The number of carbonyl (C=O) groups is 7. The van der Waals surface area contributed by atoms with E-state index >= 15 is 0 Å². The third-order valence-corrected chi connectivity index (χ3v) is 15.6. The second-order valence-corrected chi connectivity index (χ2v) is 22.1. The third kappa shape index (κ3) is 17.0. The van der Waals surface area contributed by atoms with Crippen molar-refractivity contribution in [1.82, 2.24) is 41.0 Å². The lowest BCUT2D eigenvalue weighted by Gasteiger charge is -2.34. The summed E-state index contributed by atoms with van der Waals surface area (Å²) in [6.45, 7) is 3.83. The minimum Gasteiger partial charge on any atom is -0.504 e. The normalized spacial score (nSPS) is 26.2. The van der Waals surface area contributed by atoms with Crippen molar-refractivity contribution in [2.75, 3.05) is 45.9 Å². The first kappa shape index (κ1) is 65.5. The quantitative estimate of drug-likeness (QED) is 0.0486. The molecule has 1 aromatic heterocycles. The van der Waals surface area contributed by atoms with Gasteiger partial charge in [-0.25, -0.2) is 0 Å². The van der Waals surface area contributed by atoms with Gasteiger partial charge in [0.05, 0.1) is 43.2 Å². The number of rotatable bonds is 22. The molecule has 2 aromatic carbocycles. The van der Waals surface area contributed by atoms with Crippen LogP contribution in [0.1, 0.15) is 107 Å². The number of phenols is 1. The van der Waals surface area contributed by atoms with Gasteiger partial charge >= 0.3 is 0 Å². The molecule has 4 heterocycles. The van der Waals surface area contributed by atoms with E-state index in [4.69, 9.17) is 20.9 Å². The molecule has 0 spiro atoms. The maximum Gasteiger partial charge on any atom is 0.268 e. The van der Waals surface area contributed by atoms with Gasteiger partial charge in [0.2, 0.25) is 35.4 Å². The molecule has 3 aromatic rings. The number of nitrogens with two attached hydrogens (primary N) is 2. The molecule has 16 N–H and O–H groups in total. The monoisotopic (exact) mass is 1170 g/mol. The number of carbonyl (C=O) groups excluding carboxylic acids is 7. The number of benzene rings is 2. The Balaban J connectivity index is 1.33. The molecule has 0 radical (unpaired) electrons. The highest BCUT2D eigenvalue weighted by atomic mass is 16.5. The minimum atomic E-state index is -2.03. The fourth-order valence-electron chi connectivity index (χ4n) is 10.9. The highest BCUT2D eigenvalue weighted by Crippen LogP contribution is 2.30. The van der Waals surface area contributed by atoms with Crippen LogP contribution in [-0.4, -0.2) is 210 Å². The van der Waals surface area contributed by atoms with E-state index in [-0.39, 0.29) is 55.4 Å². The molecule has 83 heavy (non-hydrogen) atoms. The van der Waals surface area contributed by atoms with Crippen molar-refractivity contribution in [3.8, 4) is 17.2 Å². The molecule has 6 rings (SSSR count). The summed E-state index contributed by atoms with van der Waals surface area (Å²) in [7, 11) is 1.63. The average molecular weight is 1170 g/mol. The number of hydrogen-bond acceptors (Lipinski definition) is 18. The van der Waals surface area contributed by atoms with Crippen molar-refractivity contribution < 1.29 is 78.8 Å². The summed E-state index contributed by atoms with van der Waals surface area (Å²) < 4.78 is 13.1. The van der Waals surface area contributed by atoms with Crippen LogP contribution in [0.5, 0.6) is 17.2 Å². The maximum atomic E-state index is 14.7. The predicted octanol–water partition coefficient (Wildman–Crippen LogP) is -1.96. The number of aliphatic hydroxyl groups excluding tert-OH is 6.